The maximum atomic E-state index is 13.4. The van der Waals surface area contributed by atoms with Gasteiger partial charge in [0, 0.05) is 0 Å². The number of benzene rings is 3. The molecule has 144 valence electrons. The van der Waals surface area contributed by atoms with Gasteiger partial charge in [0.1, 0.15) is 0 Å². The second-order valence-electron chi connectivity index (χ2n) is 6.64. The highest BCUT2D eigenvalue weighted by atomic mass is 32.2. The van der Waals surface area contributed by atoms with Crippen molar-refractivity contribution in [3.8, 4) is 0 Å². The third kappa shape index (κ3) is 4.07. The number of hydrogen-bond acceptors (Lipinski definition) is 3. The smallest absolute Gasteiger partial charge is 0.337 e. The van der Waals surface area contributed by atoms with Crippen molar-refractivity contribution >= 4 is 21.7 Å². The zero-order valence-electron chi connectivity index (χ0n) is 15.7. The fraction of sp³-hybridized carbons (Fsp3) is 0.136. The molecule has 0 aliphatic carbocycles. The molecule has 0 saturated carbocycles. The topological polar surface area (TPSA) is 74.7 Å². The molecule has 0 bridgehead atoms. The molecule has 6 heteroatoms. The van der Waals surface area contributed by atoms with Crippen LogP contribution in [0.5, 0.6) is 0 Å². The van der Waals surface area contributed by atoms with Crippen LogP contribution in [0.15, 0.2) is 77.7 Å². The van der Waals surface area contributed by atoms with Gasteiger partial charge in [-0.25, -0.2) is 13.2 Å². The van der Waals surface area contributed by atoms with Gasteiger partial charge in [-0.2, -0.15) is 0 Å². The number of rotatable bonds is 6. The molecule has 3 rings (SSSR count). The third-order valence-electron chi connectivity index (χ3n) is 4.42. The summed E-state index contributed by atoms with van der Waals surface area (Å²) in [6, 6.07) is 20.2. The molecule has 3 aromatic rings. The zero-order valence-corrected chi connectivity index (χ0v) is 16.5. The molecule has 5 nitrogen and oxygen atoms in total. The largest absolute Gasteiger partial charge is 0.478 e. The Balaban J connectivity index is 2.17. The van der Waals surface area contributed by atoms with Crippen molar-refractivity contribution in [1.82, 2.24) is 0 Å². The number of sulfonamides is 1. The molecule has 28 heavy (non-hydrogen) atoms. The molecule has 0 atom stereocenters. The third-order valence-corrected chi connectivity index (χ3v) is 6.19. The lowest BCUT2D eigenvalue weighted by atomic mass is 10.1. The second-order valence-corrected chi connectivity index (χ2v) is 8.50. The van der Waals surface area contributed by atoms with E-state index in [0.29, 0.717) is 0 Å². The lowest BCUT2D eigenvalue weighted by Gasteiger charge is -2.26. The molecule has 0 heterocycles. The predicted octanol–water partition coefficient (Wildman–Crippen LogP) is 4.40. The number of carbonyl (C=O) groups is 1. The van der Waals surface area contributed by atoms with E-state index in [9.17, 15) is 18.3 Å². The Morgan fingerprint density at radius 3 is 2.21 bits per heavy atom. The number of hydrogen-bond donors (Lipinski definition) is 1. The van der Waals surface area contributed by atoms with Gasteiger partial charge >= 0.3 is 5.97 Å². The van der Waals surface area contributed by atoms with Gasteiger partial charge in [-0.1, -0.05) is 59.7 Å². The number of nitrogens with zero attached hydrogens (tertiary/aromatic N) is 1. The number of aryl methyl sites for hydroxylation is 2. The Hall–Kier alpha value is -3.12. The predicted molar refractivity (Wildman–Crippen MR) is 109 cm³/mol. The number of anilines is 1. The first-order chi connectivity index (χ1) is 13.3. The summed E-state index contributed by atoms with van der Waals surface area (Å²) in [5, 5.41) is 9.58. The van der Waals surface area contributed by atoms with Crippen LogP contribution in [0.3, 0.4) is 0 Å². The SMILES string of the molecule is Cc1ccc(S(=O)(=O)N(Cc2cccc(C)c2)c2ccccc2C(=O)O)cc1. The van der Waals surface area contributed by atoms with E-state index in [4.69, 9.17) is 0 Å². The van der Waals surface area contributed by atoms with Crippen molar-refractivity contribution in [3.05, 3.63) is 95.1 Å². The van der Waals surface area contributed by atoms with E-state index < -0.39 is 16.0 Å². The van der Waals surface area contributed by atoms with Gasteiger partial charge in [-0.3, -0.25) is 4.31 Å². The van der Waals surface area contributed by atoms with Gasteiger partial charge in [0.15, 0.2) is 0 Å². The van der Waals surface area contributed by atoms with Crippen molar-refractivity contribution in [2.45, 2.75) is 25.3 Å². The summed E-state index contributed by atoms with van der Waals surface area (Å²) >= 11 is 0. The van der Waals surface area contributed by atoms with E-state index in [2.05, 4.69) is 0 Å². The quantitative estimate of drug-likeness (QED) is 0.671. The van der Waals surface area contributed by atoms with Crippen molar-refractivity contribution in [2.75, 3.05) is 4.31 Å². The molecule has 0 amide bonds. The molecule has 0 aliphatic rings. The summed E-state index contributed by atoms with van der Waals surface area (Å²) in [7, 11) is -3.97. The summed E-state index contributed by atoms with van der Waals surface area (Å²) < 4.78 is 28.0. The van der Waals surface area contributed by atoms with Crippen LogP contribution in [0.25, 0.3) is 0 Å². The molecule has 0 fully saturated rings. The van der Waals surface area contributed by atoms with E-state index in [1.807, 2.05) is 38.1 Å². The van der Waals surface area contributed by atoms with E-state index >= 15 is 0 Å². The summed E-state index contributed by atoms with van der Waals surface area (Å²) in [6.45, 7) is 3.83. The summed E-state index contributed by atoms with van der Waals surface area (Å²) in [6.07, 6.45) is 0. The first kappa shape index (κ1) is 19.6. The molecule has 3 aromatic carbocycles. The van der Waals surface area contributed by atoms with Gasteiger partial charge in [-0.15, -0.1) is 0 Å². The van der Waals surface area contributed by atoms with Crippen LogP contribution in [-0.2, 0) is 16.6 Å². The van der Waals surface area contributed by atoms with Gasteiger partial charge in [0.25, 0.3) is 10.0 Å². The van der Waals surface area contributed by atoms with Crippen LogP contribution in [0.2, 0.25) is 0 Å². The maximum Gasteiger partial charge on any atom is 0.337 e. The molecule has 0 saturated heterocycles. The molecule has 0 unspecified atom stereocenters. The number of aromatic carboxylic acids is 1. The lowest BCUT2D eigenvalue weighted by Crippen LogP contribution is -2.32. The van der Waals surface area contributed by atoms with Crippen molar-refractivity contribution in [3.63, 3.8) is 0 Å². The normalized spacial score (nSPS) is 11.2. The average Bonchev–Trinajstić information content (AvgIpc) is 2.66. The van der Waals surface area contributed by atoms with Crippen molar-refractivity contribution in [1.29, 1.82) is 0 Å². The highest BCUT2D eigenvalue weighted by Crippen LogP contribution is 2.29. The molecule has 0 aromatic heterocycles. The van der Waals surface area contributed by atoms with Gasteiger partial charge < -0.3 is 5.11 Å². The lowest BCUT2D eigenvalue weighted by molar-refractivity contribution is 0.0697. The minimum atomic E-state index is -3.97. The fourth-order valence-corrected chi connectivity index (χ4v) is 4.46. The average molecular weight is 395 g/mol. The molecule has 1 N–H and O–H groups in total. The first-order valence-corrected chi connectivity index (χ1v) is 10.2. The highest BCUT2D eigenvalue weighted by Gasteiger charge is 2.28. The van der Waals surface area contributed by atoms with Gasteiger partial charge in [0.05, 0.1) is 22.7 Å². The van der Waals surface area contributed by atoms with Crippen molar-refractivity contribution < 1.29 is 18.3 Å². The zero-order chi connectivity index (χ0) is 20.3. The first-order valence-electron chi connectivity index (χ1n) is 8.76. The van der Waals surface area contributed by atoms with E-state index in [0.717, 1.165) is 21.0 Å². The molecular weight excluding hydrogens is 374 g/mol. The minimum absolute atomic E-state index is 0.0299. The Bertz CT molecular complexity index is 1110. The molecule has 0 aliphatic heterocycles. The molecule has 0 spiro atoms. The molecule has 0 radical (unpaired) electrons. The highest BCUT2D eigenvalue weighted by molar-refractivity contribution is 7.92. The number of carboxylic acid groups (broad SMARTS) is 1. The minimum Gasteiger partial charge on any atom is -0.478 e. The van der Waals surface area contributed by atoms with E-state index in [-0.39, 0.29) is 22.7 Å². The maximum absolute atomic E-state index is 13.4. The summed E-state index contributed by atoms with van der Waals surface area (Å²) in [4.78, 5) is 11.8. The Kier molecular flexibility index (Phi) is 5.51. The number of para-hydroxylation sites is 1. The van der Waals surface area contributed by atoms with Gasteiger partial charge in [0.2, 0.25) is 0 Å². The Morgan fingerprint density at radius 1 is 0.893 bits per heavy atom. The monoisotopic (exact) mass is 395 g/mol. The Morgan fingerprint density at radius 2 is 1.57 bits per heavy atom. The molecular formula is C22H21NO4S. The summed E-state index contributed by atoms with van der Waals surface area (Å²) in [5.41, 5.74) is 2.78. The fourth-order valence-electron chi connectivity index (χ4n) is 2.99. The van der Waals surface area contributed by atoms with Crippen LogP contribution in [-0.4, -0.2) is 19.5 Å². The number of carboxylic acids is 1. The van der Waals surface area contributed by atoms with Crippen molar-refractivity contribution in [2.24, 2.45) is 0 Å². The summed E-state index contributed by atoms with van der Waals surface area (Å²) in [5.74, 6) is -1.18. The van der Waals surface area contributed by atoms with Crippen LogP contribution in [0.1, 0.15) is 27.0 Å². The van der Waals surface area contributed by atoms with Crippen LogP contribution in [0.4, 0.5) is 5.69 Å². The van der Waals surface area contributed by atoms with E-state index in [1.165, 1.54) is 24.3 Å². The van der Waals surface area contributed by atoms with Crippen LogP contribution < -0.4 is 4.31 Å². The van der Waals surface area contributed by atoms with Crippen LogP contribution >= 0.6 is 0 Å². The van der Waals surface area contributed by atoms with E-state index in [1.54, 1.807) is 24.3 Å². The Labute approximate surface area is 164 Å². The standard InChI is InChI=1S/C22H21NO4S/c1-16-10-12-19(13-11-16)28(26,27)23(15-18-7-5-6-17(2)14-18)21-9-4-3-8-20(21)22(24)25/h3-14H,15H2,1-2H3,(H,24,25). The van der Waals surface area contributed by atoms with Crippen LogP contribution in [0, 0.1) is 13.8 Å². The van der Waals surface area contributed by atoms with Gasteiger partial charge in [-0.05, 0) is 43.7 Å². The second kappa shape index (κ2) is 7.86.